The number of nitrogens with two attached hydrogens (primary N) is 1. The van der Waals surface area contributed by atoms with Crippen LogP contribution in [0.15, 0.2) is 51.7 Å². The van der Waals surface area contributed by atoms with E-state index in [9.17, 15) is 20.6 Å². The molecular weight excluding hydrogens is 458 g/mol. The van der Waals surface area contributed by atoms with Gasteiger partial charge in [0.15, 0.2) is 5.41 Å². The number of hydrogen-bond acceptors (Lipinski definition) is 6. The van der Waals surface area contributed by atoms with Gasteiger partial charge in [0.25, 0.3) is 0 Å². The van der Waals surface area contributed by atoms with Crippen LogP contribution in [0.25, 0.3) is 0 Å². The third-order valence-electron chi connectivity index (χ3n) is 5.52. The molecule has 0 bridgehead atoms. The Morgan fingerprint density at radius 3 is 2.52 bits per heavy atom. The molecule has 7 nitrogen and oxygen atoms in total. The van der Waals surface area contributed by atoms with Crippen LogP contribution in [0.1, 0.15) is 32.3 Å². The van der Waals surface area contributed by atoms with Crippen molar-refractivity contribution in [3.8, 4) is 18.2 Å². The molecule has 1 aliphatic carbocycles. The molecule has 31 heavy (non-hydrogen) atoms. The Bertz CT molecular complexity index is 1100. The zero-order valence-electron chi connectivity index (χ0n) is 17.5. The monoisotopic (exact) mass is 479 g/mol. The van der Waals surface area contributed by atoms with Crippen LogP contribution in [0, 0.1) is 45.3 Å². The van der Waals surface area contributed by atoms with Crippen molar-refractivity contribution in [1.82, 2.24) is 4.90 Å². The number of amides is 1. The molecule has 2 atom stereocenters. The zero-order chi connectivity index (χ0) is 23.0. The molecule has 0 radical (unpaired) electrons. The van der Waals surface area contributed by atoms with E-state index >= 15 is 0 Å². The lowest BCUT2D eigenvalue weighted by Gasteiger charge is -2.45. The number of hydrogen-bond donors (Lipinski definition) is 1. The summed E-state index contributed by atoms with van der Waals surface area (Å²) in [4.78, 5) is 14.3. The first-order valence-corrected chi connectivity index (χ1v) is 10.5. The van der Waals surface area contributed by atoms with E-state index in [4.69, 9.17) is 10.5 Å². The number of carbonyl (C=O) groups excluding carboxylic acids is 1. The summed E-state index contributed by atoms with van der Waals surface area (Å²) in [6, 6.07) is 13.6. The van der Waals surface area contributed by atoms with Crippen LogP contribution in [0.5, 0.6) is 0 Å². The summed E-state index contributed by atoms with van der Waals surface area (Å²) in [7, 11) is 0. The molecule has 0 fully saturated rings. The Labute approximate surface area is 190 Å². The molecule has 8 heteroatoms. The standard InChI is InChI=1S/C23H22BrN5O2/c1-22(2,3)31-21(30)29-8-7-16-17(10-25)20(28)23(12-26,13-27)19(18(16)11-29)14-5-4-6-15(24)9-14/h4-7,9,18-19H,8,11,28H2,1-3H3. The van der Waals surface area contributed by atoms with Crippen LogP contribution in [0.2, 0.25) is 0 Å². The van der Waals surface area contributed by atoms with Gasteiger partial charge in [-0.3, -0.25) is 0 Å². The largest absolute Gasteiger partial charge is 0.444 e. The minimum Gasteiger partial charge on any atom is -0.444 e. The van der Waals surface area contributed by atoms with Crippen molar-refractivity contribution in [1.29, 1.82) is 15.8 Å². The lowest BCUT2D eigenvalue weighted by atomic mass is 9.58. The molecule has 2 N–H and O–H groups in total. The van der Waals surface area contributed by atoms with Gasteiger partial charge in [0.2, 0.25) is 0 Å². The van der Waals surface area contributed by atoms with Crippen molar-refractivity contribution in [3.05, 3.63) is 57.2 Å². The number of ether oxygens (including phenoxy) is 1. The van der Waals surface area contributed by atoms with Gasteiger partial charge >= 0.3 is 6.09 Å². The van der Waals surface area contributed by atoms with Crippen LogP contribution in [-0.4, -0.2) is 29.7 Å². The fraction of sp³-hybridized carbons (Fsp3) is 0.391. The van der Waals surface area contributed by atoms with Crippen molar-refractivity contribution in [2.75, 3.05) is 13.1 Å². The van der Waals surface area contributed by atoms with Crippen LogP contribution >= 0.6 is 15.9 Å². The predicted octanol–water partition coefficient (Wildman–Crippen LogP) is 4.11. The SMILES string of the molecule is CC(C)(C)OC(=O)N1CC=C2C(C#N)=C(N)C(C#N)(C#N)C(c3cccc(Br)c3)C2C1. The van der Waals surface area contributed by atoms with E-state index in [1.54, 1.807) is 26.8 Å². The smallest absolute Gasteiger partial charge is 0.410 e. The Morgan fingerprint density at radius 2 is 1.97 bits per heavy atom. The number of rotatable bonds is 1. The van der Waals surface area contributed by atoms with Crippen molar-refractivity contribution in [2.24, 2.45) is 17.1 Å². The number of allylic oxidation sites excluding steroid dienone is 2. The average Bonchev–Trinajstić information content (AvgIpc) is 2.71. The number of nitriles is 3. The van der Waals surface area contributed by atoms with Crippen LogP contribution in [0.4, 0.5) is 4.79 Å². The number of fused-ring (bicyclic) bond motifs is 1. The zero-order valence-corrected chi connectivity index (χ0v) is 19.1. The molecule has 1 heterocycles. The van der Waals surface area contributed by atoms with E-state index < -0.39 is 28.9 Å². The average molecular weight is 480 g/mol. The molecule has 1 aromatic carbocycles. The van der Waals surface area contributed by atoms with E-state index in [1.165, 1.54) is 4.90 Å². The Balaban J connectivity index is 2.19. The molecule has 2 unspecified atom stereocenters. The van der Waals surface area contributed by atoms with Crippen molar-refractivity contribution >= 4 is 22.0 Å². The van der Waals surface area contributed by atoms with Crippen molar-refractivity contribution < 1.29 is 9.53 Å². The maximum Gasteiger partial charge on any atom is 0.410 e. The predicted molar refractivity (Wildman–Crippen MR) is 117 cm³/mol. The summed E-state index contributed by atoms with van der Waals surface area (Å²) in [5.74, 6) is -1.15. The third kappa shape index (κ3) is 3.90. The molecule has 0 saturated heterocycles. The normalized spacial score (nSPS) is 22.4. The summed E-state index contributed by atoms with van der Waals surface area (Å²) in [6.07, 6.45) is 1.28. The molecule has 2 aliphatic rings. The molecule has 158 valence electrons. The first kappa shape index (κ1) is 22.4. The second-order valence-electron chi connectivity index (χ2n) is 8.62. The van der Waals surface area contributed by atoms with Crippen molar-refractivity contribution in [2.45, 2.75) is 32.3 Å². The summed E-state index contributed by atoms with van der Waals surface area (Å²) in [6.45, 7) is 5.80. The van der Waals surface area contributed by atoms with Crippen LogP contribution in [0.3, 0.4) is 0 Å². The minimum atomic E-state index is -1.75. The topological polar surface area (TPSA) is 127 Å². The van der Waals surface area contributed by atoms with Gasteiger partial charge in [-0.1, -0.05) is 34.1 Å². The molecule has 1 amide bonds. The molecular formula is C23H22BrN5O2. The maximum atomic E-state index is 12.7. The first-order valence-electron chi connectivity index (χ1n) is 9.74. The van der Waals surface area contributed by atoms with Crippen LogP contribution in [-0.2, 0) is 4.74 Å². The maximum absolute atomic E-state index is 12.7. The lowest BCUT2D eigenvalue weighted by Crippen LogP contribution is -2.50. The van der Waals surface area contributed by atoms with Gasteiger partial charge in [-0.05, 0) is 44.0 Å². The summed E-state index contributed by atoms with van der Waals surface area (Å²) in [5, 5.41) is 30.0. The quantitative estimate of drug-likeness (QED) is 0.645. The lowest BCUT2D eigenvalue weighted by molar-refractivity contribution is 0.0224. The van der Waals surface area contributed by atoms with Gasteiger partial charge in [-0.15, -0.1) is 0 Å². The molecule has 3 rings (SSSR count). The second-order valence-corrected chi connectivity index (χ2v) is 9.53. The highest BCUT2D eigenvalue weighted by molar-refractivity contribution is 9.10. The molecule has 0 spiro atoms. The number of carbonyl (C=O) groups is 1. The fourth-order valence-electron chi connectivity index (χ4n) is 4.23. The van der Waals surface area contributed by atoms with E-state index in [0.29, 0.717) is 5.57 Å². The van der Waals surface area contributed by atoms with Crippen molar-refractivity contribution in [3.63, 3.8) is 0 Å². The van der Waals surface area contributed by atoms with Gasteiger partial charge in [0, 0.05) is 29.4 Å². The second kappa shape index (κ2) is 8.10. The highest BCUT2D eigenvalue weighted by Crippen LogP contribution is 2.54. The highest BCUT2D eigenvalue weighted by atomic mass is 79.9. The van der Waals surface area contributed by atoms with Gasteiger partial charge in [0.1, 0.15) is 11.7 Å². The molecule has 0 saturated carbocycles. The highest BCUT2D eigenvalue weighted by Gasteiger charge is 2.54. The fourth-order valence-corrected chi connectivity index (χ4v) is 4.65. The Kier molecular flexibility index (Phi) is 5.85. The molecule has 0 aromatic heterocycles. The summed E-state index contributed by atoms with van der Waals surface area (Å²) in [5.41, 5.74) is 5.36. The summed E-state index contributed by atoms with van der Waals surface area (Å²) < 4.78 is 6.30. The van der Waals surface area contributed by atoms with E-state index in [2.05, 4.69) is 34.1 Å². The van der Waals surface area contributed by atoms with E-state index in [1.807, 2.05) is 24.3 Å². The van der Waals surface area contributed by atoms with E-state index in [0.717, 1.165) is 10.0 Å². The first-order chi connectivity index (χ1) is 14.6. The Morgan fingerprint density at radius 1 is 1.29 bits per heavy atom. The van der Waals surface area contributed by atoms with Gasteiger partial charge in [-0.25, -0.2) is 4.79 Å². The number of benzene rings is 1. The minimum absolute atomic E-state index is 0.0433. The molecule has 1 aromatic rings. The Hall–Kier alpha value is -3.28. The van der Waals surface area contributed by atoms with Crippen LogP contribution < -0.4 is 5.73 Å². The number of halogens is 1. The van der Waals surface area contributed by atoms with Gasteiger partial charge in [-0.2, -0.15) is 15.8 Å². The van der Waals surface area contributed by atoms with Gasteiger partial charge in [0.05, 0.1) is 23.4 Å². The summed E-state index contributed by atoms with van der Waals surface area (Å²) >= 11 is 3.45. The van der Waals surface area contributed by atoms with Gasteiger partial charge < -0.3 is 15.4 Å². The number of nitrogens with zero attached hydrogens (tertiary/aromatic N) is 4. The molecule has 1 aliphatic heterocycles. The van der Waals surface area contributed by atoms with E-state index in [-0.39, 0.29) is 24.4 Å². The third-order valence-corrected chi connectivity index (χ3v) is 6.02.